The first-order valence-electron chi connectivity index (χ1n) is 20.7. The highest BCUT2D eigenvalue weighted by Crippen LogP contribution is 2.21. The van der Waals surface area contributed by atoms with Crippen LogP contribution in [0, 0.1) is 0 Å². The predicted octanol–water partition coefficient (Wildman–Crippen LogP) is 0.678. The molecule has 0 radical (unpaired) electrons. The number of nitrogen functional groups attached to an aromatic ring is 1. The average molecular weight is 870 g/mol. The number of nitrogens with two attached hydrogens (primary N) is 2. The number of hydrogen-bond donors (Lipinski definition) is 4. The van der Waals surface area contributed by atoms with E-state index in [1.165, 1.54) is 6.33 Å². The Labute approximate surface area is 357 Å². The lowest BCUT2D eigenvalue weighted by Crippen LogP contribution is -2.24. The molecule has 0 spiro atoms. The van der Waals surface area contributed by atoms with Gasteiger partial charge >= 0.3 is 0 Å². The number of fused-ring (bicyclic) bond motifs is 1. The van der Waals surface area contributed by atoms with E-state index in [1.807, 2.05) is 24.3 Å². The molecular weight excluding hydrogens is 802 g/mol. The van der Waals surface area contributed by atoms with Crippen molar-refractivity contribution in [2.24, 2.45) is 5.73 Å². The molecule has 0 fully saturated rings. The molecular formula is C40H67N7O14. The fourth-order valence-electron chi connectivity index (χ4n) is 4.89. The highest BCUT2D eigenvalue weighted by atomic mass is 16.6. The summed E-state index contributed by atoms with van der Waals surface area (Å²) in [6.07, 6.45) is 1.77. The molecule has 0 aliphatic rings. The maximum Gasteiger partial charge on any atom is 0.247 e. The van der Waals surface area contributed by atoms with Crippen molar-refractivity contribution in [3.05, 3.63) is 41.7 Å². The topological polar surface area (TPSA) is 256 Å². The van der Waals surface area contributed by atoms with Crippen LogP contribution in [0.15, 0.2) is 30.6 Å². The average Bonchev–Trinajstić information content (AvgIpc) is 3.75. The van der Waals surface area contributed by atoms with E-state index < -0.39 is 0 Å². The summed E-state index contributed by atoms with van der Waals surface area (Å²) < 4.78 is 71.3. The standard InChI is InChI=1S/C40H67N7O14/c41-6-8-50-10-12-52-14-16-54-18-20-56-22-24-58-26-28-60-30-29-59-27-25-57-23-21-55-19-17-53-15-13-51-11-9-49-7-5-36(48)43-31-34-1-3-35(4-2-34)32-61-39-37-38(45-33-44-37)46-40(42)47-39/h1-4,33H,5-32,41H2,(H,43,48)(H3,42,44,45,46,47). The van der Waals surface area contributed by atoms with Crippen molar-refractivity contribution < 1.29 is 66.4 Å². The number of nitrogens with zero attached hydrogens (tertiary/aromatic N) is 3. The summed E-state index contributed by atoms with van der Waals surface area (Å²) in [5.41, 5.74) is 14.0. The van der Waals surface area contributed by atoms with E-state index in [-0.39, 0.29) is 24.9 Å². The number of aromatic nitrogens is 4. The zero-order valence-electron chi connectivity index (χ0n) is 35.4. The van der Waals surface area contributed by atoms with Crippen molar-refractivity contribution in [1.82, 2.24) is 25.3 Å². The molecule has 0 atom stereocenters. The number of H-pyrrole nitrogens is 1. The maximum absolute atomic E-state index is 12.2. The molecule has 0 saturated carbocycles. The summed E-state index contributed by atoms with van der Waals surface area (Å²) in [5, 5.41) is 2.90. The van der Waals surface area contributed by atoms with Gasteiger partial charge in [-0.3, -0.25) is 4.79 Å². The number of carbonyl (C=O) groups is 1. The largest absolute Gasteiger partial charge is 0.471 e. The minimum Gasteiger partial charge on any atom is -0.471 e. The second-order valence-corrected chi connectivity index (χ2v) is 12.8. The van der Waals surface area contributed by atoms with E-state index in [4.69, 9.17) is 73.0 Å². The fourth-order valence-corrected chi connectivity index (χ4v) is 4.89. The zero-order valence-corrected chi connectivity index (χ0v) is 35.4. The predicted molar refractivity (Wildman–Crippen MR) is 222 cm³/mol. The molecule has 2 heterocycles. The maximum atomic E-state index is 12.2. The van der Waals surface area contributed by atoms with Gasteiger partial charge in [-0.25, -0.2) is 4.98 Å². The van der Waals surface area contributed by atoms with Gasteiger partial charge in [-0.2, -0.15) is 9.97 Å². The monoisotopic (exact) mass is 869 g/mol. The van der Waals surface area contributed by atoms with E-state index in [2.05, 4.69) is 25.3 Å². The van der Waals surface area contributed by atoms with Crippen molar-refractivity contribution in [3.63, 3.8) is 0 Å². The lowest BCUT2D eigenvalue weighted by Gasteiger charge is -2.09. The van der Waals surface area contributed by atoms with Gasteiger partial charge in [0.1, 0.15) is 6.61 Å². The van der Waals surface area contributed by atoms with Gasteiger partial charge in [-0.05, 0) is 11.1 Å². The summed E-state index contributed by atoms with van der Waals surface area (Å²) in [5.74, 6) is 0.322. The van der Waals surface area contributed by atoms with E-state index in [1.54, 1.807) is 0 Å². The van der Waals surface area contributed by atoms with Crippen LogP contribution in [0.25, 0.3) is 11.2 Å². The zero-order chi connectivity index (χ0) is 43.1. The Morgan fingerprint density at radius 2 is 0.902 bits per heavy atom. The van der Waals surface area contributed by atoms with Gasteiger partial charge in [-0.1, -0.05) is 24.3 Å². The Morgan fingerprint density at radius 3 is 1.31 bits per heavy atom. The first kappa shape index (κ1) is 51.7. The summed E-state index contributed by atoms with van der Waals surface area (Å²) in [4.78, 5) is 27.5. The van der Waals surface area contributed by atoms with Crippen molar-refractivity contribution in [2.75, 3.05) is 171 Å². The fraction of sp³-hybridized carbons (Fsp3) is 0.700. The molecule has 0 aliphatic heterocycles. The molecule has 3 rings (SSSR count). The van der Waals surface area contributed by atoms with Crippen molar-refractivity contribution in [2.45, 2.75) is 19.6 Å². The Hall–Kier alpha value is -3.68. The molecule has 21 nitrogen and oxygen atoms in total. The van der Waals surface area contributed by atoms with Crippen molar-refractivity contribution in [1.29, 1.82) is 0 Å². The molecule has 6 N–H and O–H groups in total. The molecule has 0 unspecified atom stereocenters. The van der Waals surface area contributed by atoms with Crippen LogP contribution >= 0.6 is 0 Å². The van der Waals surface area contributed by atoms with Gasteiger partial charge in [0.15, 0.2) is 11.2 Å². The first-order chi connectivity index (χ1) is 30.2. The summed E-state index contributed by atoms with van der Waals surface area (Å²) in [6, 6.07) is 7.71. The Morgan fingerprint density at radius 1 is 0.525 bits per heavy atom. The third-order valence-electron chi connectivity index (χ3n) is 7.98. The van der Waals surface area contributed by atoms with Gasteiger partial charge < -0.3 is 83.3 Å². The second kappa shape index (κ2) is 36.9. The van der Waals surface area contributed by atoms with Crippen LogP contribution in [0.5, 0.6) is 5.88 Å². The Bertz CT molecular complexity index is 1480. The SMILES string of the molecule is NCCOCCOCCOCCOCCOCCOCCOCCOCCOCCOCCOCCOCCC(=O)NCc1ccc(COc2nc(N)nc3[nH]cnc23)cc1. The van der Waals surface area contributed by atoms with Crippen LogP contribution in [0.2, 0.25) is 0 Å². The smallest absolute Gasteiger partial charge is 0.247 e. The van der Waals surface area contributed by atoms with Crippen LogP contribution < -0.4 is 21.5 Å². The number of amides is 1. The lowest BCUT2D eigenvalue weighted by molar-refractivity contribution is -0.122. The van der Waals surface area contributed by atoms with Crippen LogP contribution in [0.4, 0.5) is 5.95 Å². The highest BCUT2D eigenvalue weighted by Gasteiger charge is 2.10. The summed E-state index contributed by atoms with van der Waals surface area (Å²) in [6.45, 7) is 12.7. The third kappa shape index (κ3) is 27.8. The first-order valence-corrected chi connectivity index (χ1v) is 20.7. The summed E-state index contributed by atoms with van der Waals surface area (Å²) in [7, 11) is 0. The van der Waals surface area contributed by atoms with Crippen LogP contribution in [-0.2, 0) is 74.8 Å². The number of hydrogen-bond acceptors (Lipinski definition) is 19. The van der Waals surface area contributed by atoms with Crippen LogP contribution in [0.1, 0.15) is 17.5 Å². The van der Waals surface area contributed by atoms with E-state index in [0.717, 1.165) is 11.1 Å². The van der Waals surface area contributed by atoms with Crippen LogP contribution in [0.3, 0.4) is 0 Å². The second-order valence-electron chi connectivity index (χ2n) is 12.8. The van der Waals surface area contributed by atoms with Gasteiger partial charge in [0.25, 0.3) is 0 Å². The van der Waals surface area contributed by atoms with Crippen molar-refractivity contribution in [3.8, 4) is 5.88 Å². The lowest BCUT2D eigenvalue weighted by atomic mass is 10.1. The molecule has 2 aromatic heterocycles. The molecule has 3 aromatic rings. The number of nitrogens with one attached hydrogen (secondary N) is 2. The third-order valence-corrected chi connectivity index (χ3v) is 7.98. The number of benzene rings is 1. The number of carbonyl (C=O) groups excluding carboxylic acids is 1. The van der Waals surface area contributed by atoms with Gasteiger partial charge in [0.2, 0.25) is 17.7 Å². The molecule has 61 heavy (non-hydrogen) atoms. The molecule has 0 aliphatic carbocycles. The molecule has 21 heteroatoms. The normalized spacial score (nSPS) is 11.5. The van der Waals surface area contributed by atoms with E-state index in [0.29, 0.717) is 189 Å². The van der Waals surface area contributed by atoms with Gasteiger partial charge in [0.05, 0.1) is 165 Å². The van der Waals surface area contributed by atoms with Gasteiger partial charge in [-0.15, -0.1) is 0 Å². The number of rotatable bonds is 43. The Kier molecular flexibility index (Phi) is 31.3. The molecule has 1 aromatic carbocycles. The van der Waals surface area contributed by atoms with Gasteiger partial charge in [0, 0.05) is 19.5 Å². The highest BCUT2D eigenvalue weighted by molar-refractivity contribution is 5.76. The van der Waals surface area contributed by atoms with Crippen LogP contribution in [-0.4, -0.2) is 191 Å². The van der Waals surface area contributed by atoms with Crippen molar-refractivity contribution >= 4 is 23.0 Å². The Balaban J connectivity index is 0.948. The number of ether oxygens (including phenoxy) is 13. The minimum atomic E-state index is -0.0949. The number of anilines is 1. The molecule has 346 valence electrons. The quantitative estimate of drug-likeness (QED) is 0.0570. The van der Waals surface area contributed by atoms with E-state index >= 15 is 0 Å². The molecule has 0 saturated heterocycles. The minimum absolute atomic E-state index is 0.0949. The van der Waals surface area contributed by atoms with E-state index in [9.17, 15) is 4.79 Å². The molecule has 1 amide bonds. The summed E-state index contributed by atoms with van der Waals surface area (Å²) >= 11 is 0. The number of aromatic amines is 1. The molecule has 0 bridgehead atoms. The number of imidazole rings is 1.